The highest BCUT2D eigenvalue weighted by molar-refractivity contribution is 5.98. The summed E-state index contributed by atoms with van der Waals surface area (Å²) >= 11 is 0. The Balaban J connectivity index is 0.000000963. The number of nitrogens with zero attached hydrogens (tertiary/aromatic N) is 3. The minimum Gasteiger partial charge on any atom is -0.392 e. The number of carbonyl (C=O) groups is 2. The van der Waals surface area contributed by atoms with E-state index in [4.69, 9.17) is 0 Å². The molecule has 2 aliphatic heterocycles. The van der Waals surface area contributed by atoms with Crippen molar-refractivity contribution in [2.45, 2.75) is 59.1 Å². The lowest BCUT2D eigenvalue weighted by Gasteiger charge is -2.36. The summed E-state index contributed by atoms with van der Waals surface area (Å²) in [7, 11) is 0. The lowest BCUT2D eigenvalue weighted by molar-refractivity contribution is -0.134. The van der Waals surface area contributed by atoms with Crippen LogP contribution in [-0.2, 0) is 11.4 Å². The molecule has 45 heavy (non-hydrogen) atoms. The molecule has 3 aliphatic rings. The van der Waals surface area contributed by atoms with Crippen LogP contribution in [0.3, 0.4) is 0 Å². The van der Waals surface area contributed by atoms with Gasteiger partial charge in [0.1, 0.15) is 0 Å². The Labute approximate surface area is 264 Å². The molecule has 4 aromatic rings. The zero-order valence-electron chi connectivity index (χ0n) is 26.5. The highest BCUT2D eigenvalue weighted by Crippen LogP contribution is 2.46. The van der Waals surface area contributed by atoms with Crippen molar-refractivity contribution in [3.63, 3.8) is 0 Å². The third-order valence-corrected chi connectivity index (χ3v) is 8.60. The third kappa shape index (κ3) is 6.35. The summed E-state index contributed by atoms with van der Waals surface area (Å²) < 4.78 is 0. The summed E-state index contributed by atoms with van der Waals surface area (Å²) in [4.78, 5) is 42.5. The first-order valence-corrected chi connectivity index (χ1v) is 16.2. The number of piperazine rings is 1. The van der Waals surface area contributed by atoms with Crippen LogP contribution in [0, 0.1) is 5.92 Å². The highest BCUT2D eigenvalue weighted by atomic mass is 16.3. The van der Waals surface area contributed by atoms with Gasteiger partial charge in [-0.1, -0.05) is 70.2 Å². The number of aliphatic hydroxyl groups is 1. The number of hydrogen-bond acceptors (Lipinski definition) is 6. The van der Waals surface area contributed by atoms with Crippen LogP contribution in [0.4, 0.5) is 5.69 Å². The van der Waals surface area contributed by atoms with Crippen molar-refractivity contribution < 1.29 is 14.7 Å². The maximum Gasteiger partial charge on any atom is 0.272 e. The van der Waals surface area contributed by atoms with Gasteiger partial charge in [-0.2, -0.15) is 5.10 Å². The van der Waals surface area contributed by atoms with Crippen LogP contribution < -0.4 is 10.9 Å². The van der Waals surface area contributed by atoms with Gasteiger partial charge in [0.15, 0.2) is 0 Å². The highest BCUT2D eigenvalue weighted by Gasteiger charge is 2.37. The van der Waals surface area contributed by atoms with E-state index in [1.54, 1.807) is 6.07 Å². The number of amides is 2. The molecular weight excluding hydrogens is 566 g/mol. The smallest absolute Gasteiger partial charge is 0.272 e. The Bertz CT molecular complexity index is 1710. The second kappa shape index (κ2) is 14.1. The molecule has 7 rings (SSSR count). The zero-order chi connectivity index (χ0) is 32.1. The fraction of sp³-hybridized carbons (Fsp3) is 0.389. The van der Waals surface area contributed by atoms with Gasteiger partial charge >= 0.3 is 0 Å². The standard InChI is InChI=1S/C32H31N5O4.2C2H6/c38-18-19-7-9-20(10-8-19)28-26(29-27-24(30(39)35-34-29)5-2-6-25(27)33-28)22-3-1-4-23(17-22)32(41)37-15-13-36(14-16-37)31(40)21-11-12-21;2*1-2/h1-10,17,21,26,28,33,38H,11-16,18H2,(H,35,39);2*1-2H3. The minimum atomic E-state index is -0.301. The Morgan fingerprint density at radius 3 is 2.20 bits per heavy atom. The molecule has 0 radical (unpaired) electrons. The van der Waals surface area contributed by atoms with E-state index in [-0.39, 0.29) is 41.9 Å². The molecule has 1 saturated carbocycles. The van der Waals surface area contributed by atoms with Gasteiger partial charge < -0.3 is 20.2 Å². The number of nitrogens with one attached hydrogen (secondary N) is 2. The predicted octanol–water partition coefficient (Wildman–Crippen LogP) is 5.46. The molecule has 236 valence electrons. The minimum absolute atomic E-state index is 0.0418. The van der Waals surface area contributed by atoms with Gasteiger partial charge in [0, 0.05) is 48.7 Å². The van der Waals surface area contributed by atoms with Crippen LogP contribution >= 0.6 is 0 Å². The molecule has 3 N–H and O–H groups in total. The molecule has 3 heterocycles. The SMILES string of the molecule is CC.CC.O=C(c1cccc(C2c3n[nH]c(=O)c4cccc(c34)NC2c2ccc(CO)cc2)c1)N1CCN(C(=O)C2CC2)CC1. The van der Waals surface area contributed by atoms with E-state index in [1.165, 1.54) is 0 Å². The zero-order valence-corrected chi connectivity index (χ0v) is 26.5. The molecule has 2 fully saturated rings. The monoisotopic (exact) mass is 609 g/mol. The molecular formula is C36H43N5O4. The quantitative estimate of drug-likeness (QED) is 0.277. The number of aromatic amines is 1. The van der Waals surface area contributed by atoms with E-state index in [2.05, 4.69) is 15.5 Å². The largest absolute Gasteiger partial charge is 0.392 e. The Morgan fingerprint density at radius 1 is 0.867 bits per heavy atom. The number of carbonyl (C=O) groups excluding carboxylic acids is 2. The second-order valence-electron chi connectivity index (χ2n) is 11.2. The van der Waals surface area contributed by atoms with E-state index >= 15 is 0 Å². The topological polar surface area (TPSA) is 119 Å². The number of H-pyrrole nitrogens is 1. The van der Waals surface area contributed by atoms with Crippen molar-refractivity contribution in [1.82, 2.24) is 20.0 Å². The van der Waals surface area contributed by atoms with E-state index in [1.807, 2.05) is 98.2 Å². The maximum absolute atomic E-state index is 13.6. The average Bonchev–Trinajstić information content (AvgIpc) is 3.97. The van der Waals surface area contributed by atoms with Crippen molar-refractivity contribution in [1.29, 1.82) is 0 Å². The van der Waals surface area contributed by atoms with Crippen molar-refractivity contribution in [2.75, 3.05) is 31.5 Å². The molecule has 1 aromatic heterocycles. The molecule has 2 atom stereocenters. The van der Waals surface area contributed by atoms with Crippen molar-refractivity contribution in [3.05, 3.63) is 105 Å². The third-order valence-electron chi connectivity index (χ3n) is 8.60. The van der Waals surface area contributed by atoms with Crippen molar-refractivity contribution >= 4 is 28.3 Å². The summed E-state index contributed by atoms with van der Waals surface area (Å²) in [6.45, 7) is 10.1. The number of rotatable bonds is 5. The first kappa shape index (κ1) is 31.9. The molecule has 0 bridgehead atoms. The predicted molar refractivity (Wildman–Crippen MR) is 177 cm³/mol. The van der Waals surface area contributed by atoms with Gasteiger partial charge in [0.25, 0.3) is 11.5 Å². The van der Waals surface area contributed by atoms with Gasteiger partial charge in [-0.15, -0.1) is 0 Å². The van der Waals surface area contributed by atoms with Crippen LogP contribution in [0.15, 0.2) is 71.5 Å². The van der Waals surface area contributed by atoms with Gasteiger partial charge in [0.05, 0.1) is 29.6 Å². The van der Waals surface area contributed by atoms with Crippen LogP contribution in [0.1, 0.15) is 85.2 Å². The molecule has 3 aromatic carbocycles. The van der Waals surface area contributed by atoms with Crippen LogP contribution in [0.25, 0.3) is 10.8 Å². The maximum atomic E-state index is 13.6. The van der Waals surface area contributed by atoms with Crippen LogP contribution in [0.2, 0.25) is 0 Å². The van der Waals surface area contributed by atoms with Gasteiger partial charge in [-0.05, 0) is 53.8 Å². The first-order valence-electron chi connectivity index (χ1n) is 16.2. The first-order chi connectivity index (χ1) is 22.0. The molecule has 9 heteroatoms. The normalized spacial score (nSPS) is 18.6. The Hall–Kier alpha value is -4.50. The summed E-state index contributed by atoms with van der Waals surface area (Å²) in [5.41, 5.74) is 4.61. The summed E-state index contributed by atoms with van der Waals surface area (Å²) in [6, 6.07) is 20.8. The number of aliphatic hydroxyl groups excluding tert-OH is 1. The van der Waals surface area contributed by atoms with Gasteiger partial charge in [-0.3, -0.25) is 14.4 Å². The molecule has 2 unspecified atom stereocenters. The van der Waals surface area contributed by atoms with Crippen molar-refractivity contribution in [2.24, 2.45) is 5.92 Å². The fourth-order valence-electron chi connectivity index (χ4n) is 6.22. The average molecular weight is 610 g/mol. The lowest BCUT2D eigenvalue weighted by Crippen LogP contribution is -2.51. The number of benzene rings is 3. The van der Waals surface area contributed by atoms with Gasteiger partial charge in [0.2, 0.25) is 5.91 Å². The fourth-order valence-corrected chi connectivity index (χ4v) is 6.22. The Morgan fingerprint density at radius 2 is 1.53 bits per heavy atom. The molecule has 1 saturated heterocycles. The summed E-state index contributed by atoms with van der Waals surface area (Å²) in [6.07, 6.45) is 1.96. The molecule has 2 amide bonds. The summed E-state index contributed by atoms with van der Waals surface area (Å²) in [5, 5.41) is 21.8. The Kier molecular flexibility index (Phi) is 9.98. The van der Waals surface area contributed by atoms with Gasteiger partial charge in [-0.25, -0.2) is 5.10 Å². The summed E-state index contributed by atoms with van der Waals surface area (Å²) in [5.74, 6) is 0.0499. The van der Waals surface area contributed by atoms with E-state index in [9.17, 15) is 19.5 Å². The second-order valence-corrected chi connectivity index (χ2v) is 11.2. The molecule has 9 nitrogen and oxygen atoms in total. The number of aromatic nitrogens is 2. The lowest BCUT2D eigenvalue weighted by atomic mass is 9.79. The van der Waals surface area contributed by atoms with Crippen molar-refractivity contribution in [3.8, 4) is 0 Å². The van der Waals surface area contributed by atoms with Crippen LogP contribution in [0.5, 0.6) is 0 Å². The van der Waals surface area contributed by atoms with E-state index in [0.29, 0.717) is 37.1 Å². The van der Waals surface area contributed by atoms with Crippen LogP contribution in [-0.4, -0.2) is 63.1 Å². The van der Waals surface area contributed by atoms with E-state index in [0.717, 1.165) is 46.3 Å². The molecule has 1 aliphatic carbocycles. The van der Waals surface area contributed by atoms with E-state index < -0.39 is 0 Å². The number of hydrogen-bond donors (Lipinski definition) is 3. The molecule has 0 spiro atoms. The number of anilines is 1.